The zero-order valence-corrected chi connectivity index (χ0v) is 17.2. The smallest absolute Gasteiger partial charge is 0.279 e. The average Bonchev–Trinajstić information content (AvgIpc) is 3.26. The maximum atomic E-state index is 13.4. The van der Waals surface area contributed by atoms with Crippen LogP contribution < -0.4 is 15.8 Å². The third-order valence-electron chi connectivity index (χ3n) is 5.54. The molecule has 1 N–H and O–H groups in total. The summed E-state index contributed by atoms with van der Waals surface area (Å²) in [5.41, 5.74) is 1.58. The van der Waals surface area contributed by atoms with E-state index in [1.54, 1.807) is 53.4 Å². The predicted molar refractivity (Wildman–Crippen MR) is 123 cm³/mol. The number of para-hydroxylation sites is 3. The van der Waals surface area contributed by atoms with E-state index in [4.69, 9.17) is 0 Å². The number of aromatic nitrogens is 2. The van der Waals surface area contributed by atoms with Crippen LogP contribution in [0.15, 0.2) is 83.7 Å². The molecule has 1 fully saturated rings. The Morgan fingerprint density at radius 3 is 2.28 bits per heavy atom. The van der Waals surface area contributed by atoms with Gasteiger partial charge in [-0.15, -0.1) is 0 Å². The van der Waals surface area contributed by atoms with Crippen LogP contribution in [0.2, 0.25) is 0 Å². The summed E-state index contributed by atoms with van der Waals surface area (Å²) in [7, 11) is 0. The van der Waals surface area contributed by atoms with E-state index in [0.29, 0.717) is 40.8 Å². The molecule has 0 radical (unpaired) electrons. The highest BCUT2D eigenvalue weighted by atomic mass is 16.2. The molecule has 0 atom stereocenters. The molecule has 7 nitrogen and oxygen atoms in total. The van der Waals surface area contributed by atoms with Gasteiger partial charge in [0.15, 0.2) is 5.69 Å². The monoisotopic (exact) mass is 424 g/mol. The van der Waals surface area contributed by atoms with Gasteiger partial charge in [-0.1, -0.05) is 48.5 Å². The Kier molecular flexibility index (Phi) is 4.99. The van der Waals surface area contributed by atoms with Crippen molar-refractivity contribution in [1.82, 2.24) is 9.78 Å². The third-order valence-corrected chi connectivity index (χ3v) is 5.54. The summed E-state index contributed by atoms with van der Waals surface area (Å²) in [6.07, 6.45) is 1.28. The van der Waals surface area contributed by atoms with Crippen molar-refractivity contribution in [2.75, 3.05) is 16.8 Å². The van der Waals surface area contributed by atoms with Crippen LogP contribution in [-0.4, -0.2) is 28.1 Å². The van der Waals surface area contributed by atoms with Gasteiger partial charge in [0.1, 0.15) is 0 Å². The number of hydrogen-bond acceptors (Lipinski definition) is 4. The van der Waals surface area contributed by atoms with E-state index in [1.165, 1.54) is 4.68 Å². The fraction of sp³-hybridized carbons (Fsp3) is 0.120. The zero-order chi connectivity index (χ0) is 22.1. The van der Waals surface area contributed by atoms with E-state index in [1.807, 2.05) is 30.3 Å². The summed E-state index contributed by atoms with van der Waals surface area (Å²) >= 11 is 0. The molecule has 3 aromatic carbocycles. The van der Waals surface area contributed by atoms with Crippen LogP contribution >= 0.6 is 0 Å². The number of hydrogen-bond donors (Lipinski definition) is 1. The van der Waals surface area contributed by atoms with Crippen LogP contribution in [0.4, 0.5) is 11.4 Å². The molecule has 4 aromatic rings. The molecule has 7 heteroatoms. The number of carbonyl (C=O) groups excluding carboxylic acids is 2. The molecule has 1 saturated heterocycles. The Labute approximate surface area is 183 Å². The number of carbonyl (C=O) groups is 2. The lowest BCUT2D eigenvalue weighted by molar-refractivity contribution is -0.117. The van der Waals surface area contributed by atoms with Crippen molar-refractivity contribution in [2.45, 2.75) is 12.8 Å². The standard InChI is InChI=1S/C25H20N4O3/c30-22-15-8-16-28(22)21-14-7-6-13-20(21)26-24(31)23-18-11-4-5-12-19(18)25(32)29(27-23)17-9-2-1-3-10-17/h1-7,9-14H,8,15-16H2,(H,26,31). The summed E-state index contributed by atoms with van der Waals surface area (Å²) in [5, 5.41) is 8.20. The van der Waals surface area contributed by atoms with Gasteiger partial charge in [0.2, 0.25) is 5.91 Å². The van der Waals surface area contributed by atoms with Crippen molar-refractivity contribution >= 4 is 34.0 Å². The largest absolute Gasteiger partial charge is 0.319 e. The minimum atomic E-state index is -0.454. The van der Waals surface area contributed by atoms with E-state index >= 15 is 0 Å². The van der Waals surface area contributed by atoms with Crippen molar-refractivity contribution in [2.24, 2.45) is 0 Å². The summed E-state index contributed by atoms with van der Waals surface area (Å²) in [5.74, 6) is -0.419. The quantitative estimate of drug-likeness (QED) is 0.541. The van der Waals surface area contributed by atoms with Crippen LogP contribution in [0.25, 0.3) is 16.5 Å². The van der Waals surface area contributed by atoms with Crippen molar-refractivity contribution in [1.29, 1.82) is 0 Å². The van der Waals surface area contributed by atoms with Crippen molar-refractivity contribution in [3.8, 4) is 5.69 Å². The second-order valence-corrected chi connectivity index (χ2v) is 7.57. The number of amides is 2. The van der Waals surface area contributed by atoms with Crippen molar-refractivity contribution in [3.63, 3.8) is 0 Å². The van der Waals surface area contributed by atoms with Gasteiger partial charge in [-0.2, -0.15) is 9.78 Å². The Balaban J connectivity index is 1.60. The van der Waals surface area contributed by atoms with Gasteiger partial charge in [0.05, 0.1) is 22.4 Å². The fourth-order valence-electron chi connectivity index (χ4n) is 4.00. The zero-order valence-electron chi connectivity index (χ0n) is 17.2. The van der Waals surface area contributed by atoms with Crippen LogP contribution in [0.3, 0.4) is 0 Å². The Morgan fingerprint density at radius 1 is 0.844 bits per heavy atom. The molecule has 0 saturated carbocycles. The van der Waals surface area contributed by atoms with Crippen molar-refractivity contribution in [3.05, 3.63) is 94.9 Å². The van der Waals surface area contributed by atoms with E-state index in [0.717, 1.165) is 6.42 Å². The topological polar surface area (TPSA) is 84.3 Å². The lowest BCUT2D eigenvalue weighted by atomic mass is 10.1. The molecule has 32 heavy (non-hydrogen) atoms. The molecule has 0 unspecified atom stereocenters. The first-order chi connectivity index (χ1) is 15.6. The molecule has 1 aliphatic heterocycles. The minimum Gasteiger partial charge on any atom is -0.319 e. The maximum absolute atomic E-state index is 13.4. The van der Waals surface area contributed by atoms with Gasteiger partial charge in [-0.05, 0) is 36.8 Å². The number of benzene rings is 3. The van der Waals surface area contributed by atoms with Crippen LogP contribution in [0, 0.1) is 0 Å². The SMILES string of the molecule is O=C(Nc1ccccc1N1CCCC1=O)c1nn(-c2ccccc2)c(=O)c2ccccc12. The molecule has 5 rings (SSSR count). The molecule has 2 heterocycles. The summed E-state index contributed by atoms with van der Waals surface area (Å²) < 4.78 is 1.24. The van der Waals surface area contributed by atoms with Gasteiger partial charge in [0, 0.05) is 18.4 Å². The molecular formula is C25H20N4O3. The van der Waals surface area contributed by atoms with Crippen molar-refractivity contribution < 1.29 is 9.59 Å². The first-order valence-electron chi connectivity index (χ1n) is 10.4. The first-order valence-corrected chi connectivity index (χ1v) is 10.4. The molecule has 1 aromatic heterocycles. The fourth-order valence-corrected chi connectivity index (χ4v) is 4.00. The molecule has 2 amide bonds. The highest BCUT2D eigenvalue weighted by Gasteiger charge is 2.25. The van der Waals surface area contributed by atoms with Crippen LogP contribution in [-0.2, 0) is 4.79 Å². The van der Waals surface area contributed by atoms with Gasteiger partial charge < -0.3 is 10.2 Å². The second kappa shape index (κ2) is 8.11. The van der Waals surface area contributed by atoms with Gasteiger partial charge in [-0.3, -0.25) is 14.4 Å². The molecular weight excluding hydrogens is 404 g/mol. The number of fused-ring (bicyclic) bond motifs is 1. The van der Waals surface area contributed by atoms with Crippen LogP contribution in [0.1, 0.15) is 23.3 Å². The van der Waals surface area contributed by atoms with Gasteiger partial charge in [-0.25, -0.2) is 0 Å². The molecule has 0 bridgehead atoms. The normalized spacial score (nSPS) is 13.5. The minimum absolute atomic E-state index is 0.0351. The van der Waals surface area contributed by atoms with E-state index in [9.17, 15) is 14.4 Å². The van der Waals surface area contributed by atoms with E-state index in [2.05, 4.69) is 10.4 Å². The first kappa shape index (κ1) is 19.7. The third kappa shape index (κ3) is 3.43. The second-order valence-electron chi connectivity index (χ2n) is 7.57. The summed E-state index contributed by atoms with van der Waals surface area (Å²) in [4.78, 5) is 40.4. The number of anilines is 2. The van der Waals surface area contributed by atoms with Gasteiger partial charge >= 0.3 is 0 Å². The summed E-state index contributed by atoms with van der Waals surface area (Å²) in [6, 6.07) is 23.1. The molecule has 0 aliphatic carbocycles. The highest BCUT2D eigenvalue weighted by molar-refractivity contribution is 6.13. The van der Waals surface area contributed by atoms with E-state index < -0.39 is 5.91 Å². The highest BCUT2D eigenvalue weighted by Crippen LogP contribution is 2.30. The number of nitrogens with one attached hydrogen (secondary N) is 1. The molecule has 0 spiro atoms. The Bertz CT molecular complexity index is 1400. The average molecular weight is 424 g/mol. The maximum Gasteiger partial charge on any atom is 0.279 e. The Hall–Kier alpha value is -4.26. The number of rotatable bonds is 4. The number of nitrogens with zero attached hydrogens (tertiary/aromatic N) is 3. The van der Waals surface area contributed by atoms with Gasteiger partial charge in [0.25, 0.3) is 11.5 Å². The van der Waals surface area contributed by atoms with E-state index in [-0.39, 0.29) is 17.2 Å². The van der Waals surface area contributed by atoms with Crippen LogP contribution in [0.5, 0.6) is 0 Å². The lowest BCUT2D eigenvalue weighted by Gasteiger charge is -2.20. The Morgan fingerprint density at radius 2 is 1.53 bits per heavy atom. The molecule has 1 aliphatic rings. The molecule has 158 valence electrons. The summed E-state index contributed by atoms with van der Waals surface area (Å²) in [6.45, 7) is 0.617. The predicted octanol–water partition coefficient (Wildman–Crippen LogP) is 3.76. The lowest BCUT2D eigenvalue weighted by Crippen LogP contribution is -2.28.